The van der Waals surface area contributed by atoms with E-state index in [1.165, 1.54) is 18.5 Å². The smallest absolute Gasteiger partial charge is 0.269 e. The van der Waals surface area contributed by atoms with Crippen molar-refractivity contribution in [2.45, 2.75) is 13.5 Å². The number of nitrogens with one attached hydrogen (secondary N) is 1. The first-order valence-electron chi connectivity index (χ1n) is 7.55. The van der Waals surface area contributed by atoms with Gasteiger partial charge in [0.2, 0.25) is 0 Å². The van der Waals surface area contributed by atoms with E-state index in [0.717, 1.165) is 28.0 Å². The minimum Gasteiger partial charge on any atom is -0.346 e. The van der Waals surface area contributed by atoms with Crippen molar-refractivity contribution in [3.05, 3.63) is 64.2 Å². The SMILES string of the molecule is Cc1nn(Cc2ccc([N+](=O)[O-])cc2)nc1-c1ncnc2[nH]ccc12. The van der Waals surface area contributed by atoms with Crippen LogP contribution in [0, 0.1) is 17.0 Å². The van der Waals surface area contributed by atoms with E-state index >= 15 is 0 Å². The summed E-state index contributed by atoms with van der Waals surface area (Å²) < 4.78 is 0. The number of H-pyrrole nitrogens is 1. The van der Waals surface area contributed by atoms with Crippen LogP contribution in [0.4, 0.5) is 5.69 Å². The molecule has 0 saturated carbocycles. The molecule has 0 bridgehead atoms. The van der Waals surface area contributed by atoms with Crippen molar-refractivity contribution in [1.82, 2.24) is 29.9 Å². The van der Waals surface area contributed by atoms with Crippen LogP contribution in [0.3, 0.4) is 0 Å². The zero-order valence-corrected chi connectivity index (χ0v) is 13.2. The third-order valence-electron chi connectivity index (χ3n) is 3.87. The molecule has 25 heavy (non-hydrogen) atoms. The number of nitro groups is 1. The molecule has 0 aliphatic heterocycles. The molecule has 3 aromatic heterocycles. The van der Waals surface area contributed by atoms with Crippen molar-refractivity contribution in [3.63, 3.8) is 0 Å². The summed E-state index contributed by atoms with van der Waals surface area (Å²) in [6.07, 6.45) is 3.29. The normalized spacial score (nSPS) is 11.1. The fraction of sp³-hybridized carbons (Fsp3) is 0.125. The highest BCUT2D eigenvalue weighted by Gasteiger charge is 2.15. The van der Waals surface area contributed by atoms with Gasteiger partial charge in [-0.1, -0.05) is 12.1 Å². The Balaban J connectivity index is 1.66. The molecule has 0 amide bonds. The average molecular weight is 335 g/mol. The lowest BCUT2D eigenvalue weighted by atomic mass is 10.2. The summed E-state index contributed by atoms with van der Waals surface area (Å²) in [5, 5.41) is 20.6. The number of fused-ring (bicyclic) bond motifs is 1. The van der Waals surface area contributed by atoms with E-state index in [-0.39, 0.29) is 5.69 Å². The number of hydrogen-bond acceptors (Lipinski definition) is 6. The summed E-state index contributed by atoms with van der Waals surface area (Å²) in [7, 11) is 0. The third kappa shape index (κ3) is 2.71. The minimum absolute atomic E-state index is 0.0601. The van der Waals surface area contributed by atoms with Crippen molar-refractivity contribution in [2.75, 3.05) is 0 Å². The van der Waals surface area contributed by atoms with E-state index in [9.17, 15) is 10.1 Å². The van der Waals surface area contributed by atoms with Crippen LogP contribution in [-0.4, -0.2) is 34.9 Å². The molecule has 9 heteroatoms. The minimum atomic E-state index is -0.421. The monoisotopic (exact) mass is 335 g/mol. The second-order valence-electron chi connectivity index (χ2n) is 5.55. The Morgan fingerprint density at radius 2 is 1.92 bits per heavy atom. The summed E-state index contributed by atoms with van der Waals surface area (Å²) in [6, 6.07) is 8.25. The zero-order valence-electron chi connectivity index (χ0n) is 13.2. The van der Waals surface area contributed by atoms with Gasteiger partial charge in [-0.05, 0) is 18.6 Å². The number of nitrogens with zero attached hydrogens (tertiary/aromatic N) is 6. The van der Waals surface area contributed by atoms with Crippen molar-refractivity contribution < 1.29 is 4.92 Å². The van der Waals surface area contributed by atoms with Gasteiger partial charge in [0.25, 0.3) is 5.69 Å². The molecule has 0 unspecified atom stereocenters. The van der Waals surface area contributed by atoms with E-state index < -0.39 is 4.92 Å². The van der Waals surface area contributed by atoms with Crippen LogP contribution in [0.5, 0.6) is 0 Å². The molecule has 1 aromatic carbocycles. The van der Waals surface area contributed by atoms with E-state index in [1.807, 2.05) is 13.0 Å². The van der Waals surface area contributed by atoms with Gasteiger partial charge in [0.15, 0.2) is 0 Å². The van der Waals surface area contributed by atoms with Gasteiger partial charge in [-0.3, -0.25) is 10.1 Å². The summed E-state index contributed by atoms with van der Waals surface area (Å²) in [5.41, 5.74) is 3.84. The van der Waals surface area contributed by atoms with Crippen molar-refractivity contribution in [1.29, 1.82) is 0 Å². The fourth-order valence-corrected chi connectivity index (χ4v) is 2.67. The molecule has 0 aliphatic rings. The van der Waals surface area contributed by atoms with Gasteiger partial charge < -0.3 is 4.98 Å². The fourth-order valence-electron chi connectivity index (χ4n) is 2.67. The quantitative estimate of drug-likeness (QED) is 0.452. The summed E-state index contributed by atoms with van der Waals surface area (Å²) in [5.74, 6) is 0. The molecular weight excluding hydrogens is 322 g/mol. The van der Waals surface area contributed by atoms with E-state index in [0.29, 0.717) is 12.2 Å². The number of hydrogen-bond donors (Lipinski definition) is 1. The van der Waals surface area contributed by atoms with Gasteiger partial charge in [-0.15, -0.1) is 0 Å². The van der Waals surface area contributed by atoms with Crippen LogP contribution in [0.1, 0.15) is 11.3 Å². The molecule has 0 fully saturated rings. The Morgan fingerprint density at radius 1 is 1.12 bits per heavy atom. The summed E-state index contributed by atoms with van der Waals surface area (Å²) in [4.78, 5) is 23.4. The predicted octanol–water partition coefficient (Wildman–Crippen LogP) is 2.48. The first kappa shape index (κ1) is 14.9. The largest absolute Gasteiger partial charge is 0.346 e. The average Bonchev–Trinajstić information content (AvgIpc) is 3.21. The van der Waals surface area contributed by atoms with Crippen LogP contribution in [-0.2, 0) is 6.54 Å². The maximum atomic E-state index is 10.7. The van der Waals surface area contributed by atoms with Crippen LogP contribution < -0.4 is 0 Å². The molecule has 124 valence electrons. The standard InChI is InChI=1S/C16H13N7O2/c1-10-14(15-13-6-7-17-16(13)19-9-18-15)21-22(20-10)8-11-2-4-12(5-3-11)23(24)25/h2-7,9H,8H2,1H3,(H,17,18,19). The zero-order chi connectivity index (χ0) is 17.4. The van der Waals surface area contributed by atoms with Gasteiger partial charge in [0, 0.05) is 23.7 Å². The highest BCUT2D eigenvalue weighted by Crippen LogP contribution is 2.25. The number of aryl methyl sites for hydroxylation is 1. The Kier molecular flexibility index (Phi) is 3.46. The molecule has 4 rings (SSSR count). The Bertz CT molecular complexity index is 1070. The molecule has 0 spiro atoms. The van der Waals surface area contributed by atoms with Gasteiger partial charge in [0.1, 0.15) is 23.4 Å². The second-order valence-corrected chi connectivity index (χ2v) is 5.55. The van der Waals surface area contributed by atoms with E-state index in [2.05, 4.69) is 25.1 Å². The van der Waals surface area contributed by atoms with Crippen molar-refractivity contribution >= 4 is 16.7 Å². The Hall–Kier alpha value is -3.62. The number of rotatable bonds is 4. The number of benzene rings is 1. The number of aromatic amines is 1. The van der Waals surface area contributed by atoms with Gasteiger partial charge in [0.05, 0.1) is 17.2 Å². The third-order valence-corrected chi connectivity index (χ3v) is 3.87. The molecule has 3 heterocycles. The van der Waals surface area contributed by atoms with Gasteiger partial charge >= 0.3 is 0 Å². The lowest BCUT2D eigenvalue weighted by molar-refractivity contribution is -0.384. The van der Waals surface area contributed by atoms with Crippen LogP contribution in [0.15, 0.2) is 42.9 Å². The highest BCUT2D eigenvalue weighted by molar-refractivity contribution is 5.89. The molecular formula is C16H13N7O2. The number of aromatic nitrogens is 6. The Labute approximate surface area is 141 Å². The van der Waals surface area contributed by atoms with Crippen LogP contribution in [0.25, 0.3) is 22.4 Å². The molecule has 1 N–H and O–H groups in total. The number of nitro benzene ring substituents is 1. The van der Waals surface area contributed by atoms with Gasteiger partial charge in [-0.25, -0.2) is 9.97 Å². The molecule has 0 aliphatic carbocycles. The molecule has 0 saturated heterocycles. The van der Waals surface area contributed by atoms with Crippen molar-refractivity contribution in [2.24, 2.45) is 0 Å². The predicted molar refractivity (Wildman–Crippen MR) is 89.8 cm³/mol. The molecule has 4 aromatic rings. The van der Waals surface area contributed by atoms with E-state index in [4.69, 9.17) is 0 Å². The number of non-ortho nitro benzene ring substituents is 1. The van der Waals surface area contributed by atoms with Crippen LogP contribution in [0.2, 0.25) is 0 Å². The van der Waals surface area contributed by atoms with E-state index in [1.54, 1.807) is 23.1 Å². The van der Waals surface area contributed by atoms with Crippen molar-refractivity contribution in [3.8, 4) is 11.4 Å². The molecule has 9 nitrogen and oxygen atoms in total. The first-order valence-corrected chi connectivity index (χ1v) is 7.55. The molecule has 0 radical (unpaired) electrons. The maximum absolute atomic E-state index is 10.7. The first-order chi connectivity index (χ1) is 12.1. The van der Waals surface area contributed by atoms with Gasteiger partial charge in [-0.2, -0.15) is 15.0 Å². The van der Waals surface area contributed by atoms with Crippen LogP contribution >= 0.6 is 0 Å². The lowest BCUT2D eigenvalue weighted by Crippen LogP contribution is -2.04. The topological polar surface area (TPSA) is 115 Å². The summed E-state index contributed by atoms with van der Waals surface area (Å²) in [6.45, 7) is 2.29. The lowest BCUT2D eigenvalue weighted by Gasteiger charge is -2.00. The highest BCUT2D eigenvalue weighted by atomic mass is 16.6. The Morgan fingerprint density at radius 3 is 2.68 bits per heavy atom. The second kappa shape index (κ2) is 5.78. The maximum Gasteiger partial charge on any atom is 0.269 e. The molecule has 0 atom stereocenters. The summed E-state index contributed by atoms with van der Waals surface area (Å²) >= 11 is 0.